The van der Waals surface area contributed by atoms with Crippen molar-refractivity contribution in [3.05, 3.63) is 27.4 Å². The maximum atomic E-state index is 13.6. The number of sulfonamides is 1. The molecule has 108 valence electrons. The molecule has 0 radical (unpaired) electrons. The molecule has 4 nitrogen and oxygen atoms in total. The average molecular weight is 374 g/mol. The van der Waals surface area contributed by atoms with Gasteiger partial charge in [0.05, 0.1) is 5.02 Å². The van der Waals surface area contributed by atoms with Gasteiger partial charge in [-0.15, -0.1) is 0 Å². The minimum absolute atomic E-state index is 0.144. The molecule has 1 aromatic carbocycles. The standard InChI is InChI=1S/C11H15BrClFN2O2S/c1-2-3-15-4-5-16-19(17,18)11-7-9(13)8(12)6-10(11)14/h6-7,15-16H,2-5H2,1H3. The number of hydrogen-bond donors (Lipinski definition) is 2. The number of halogens is 3. The van der Waals surface area contributed by atoms with E-state index >= 15 is 0 Å². The first-order valence-electron chi connectivity index (χ1n) is 5.73. The summed E-state index contributed by atoms with van der Waals surface area (Å²) in [6.45, 7) is 3.49. The molecule has 0 aliphatic rings. The van der Waals surface area contributed by atoms with E-state index in [1.54, 1.807) is 0 Å². The summed E-state index contributed by atoms with van der Waals surface area (Å²) in [6, 6.07) is 2.12. The molecule has 19 heavy (non-hydrogen) atoms. The van der Waals surface area contributed by atoms with Gasteiger partial charge >= 0.3 is 0 Å². The van der Waals surface area contributed by atoms with Crippen LogP contribution in [0, 0.1) is 5.82 Å². The minimum atomic E-state index is -3.89. The van der Waals surface area contributed by atoms with Crippen LogP contribution in [0.1, 0.15) is 13.3 Å². The summed E-state index contributed by atoms with van der Waals surface area (Å²) in [4.78, 5) is -0.448. The summed E-state index contributed by atoms with van der Waals surface area (Å²) in [5.74, 6) is -0.842. The van der Waals surface area contributed by atoms with Gasteiger partial charge < -0.3 is 5.32 Å². The van der Waals surface area contributed by atoms with Crippen molar-refractivity contribution in [3.63, 3.8) is 0 Å². The van der Waals surface area contributed by atoms with E-state index in [2.05, 4.69) is 26.0 Å². The van der Waals surface area contributed by atoms with Gasteiger partial charge in [-0.1, -0.05) is 18.5 Å². The average Bonchev–Trinajstić information content (AvgIpc) is 2.33. The van der Waals surface area contributed by atoms with E-state index in [1.807, 2.05) is 6.92 Å². The summed E-state index contributed by atoms with van der Waals surface area (Å²) in [5.41, 5.74) is 0. The fraction of sp³-hybridized carbons (Fsp3) is 0.455. The van der Waals surface area contributed by atoms with Crippen molar-refractivity contribution in [3.8, 4) is 0 Å². The fourth-order valence-corrected chi connectivity index (χ4v) is 3.02. The second-order valence-corrected chi connectivity index (χ2v) is 6.84. The first-order chi connectivity index (χ1) is 8.88. The van der Waals surface area contributed by atoms with Crippen LogP contribution in [0.2, 0.25) is 5.02 Å². The second kappa shape index (κ2) is 7.54. The number of nitrogens with one attached hydrogen (secondary N) is 2. The summed E-state index contributed by atoms with van der Waals surface area (Å²) in [5, 5.41) is 3.18. The monoisotopic (exact) mass is 372 g/mol. The Kier molecular flexibility index (Phi) is 6.68. The third-order valence-corrected chi connectivity index (χ3v) is 4.96. The molecule has 0 atom stereocenters. The van der Waals surface area contributed by atoms with Crippen LogP contribution in [0.5, 0.6) is 0 Å². The third-order valence-electron chi connectivity index (χ3n) is 2.28. The molecule has 0 unspecified atom stereocenters. The number of hydrogen-bond acceptors (Lipinski definition) is 3. The highest BCUT2D eigenvalue weighted by Gasteiger charge is 2.20. The highest BCUT2D eigenvalue weighted by Crippen LogP contribution is 2.27. The largest absolute Gasteiger partial charge is 0.315 e. The van der Waals surface area contributed by atoms with Crippen LogP contribution in [-0.4, -0.2) is 28.1 Å². The fourth-order valence-electron chi connectivity index (χ4n) is 1.36. The van der Waals surface area contributed by atoms with E-state index in [1.165, 1.54) is 0 Å². The van der Waals surface area contributed by atoms with E-state index in [0.717, 1.165) is 25.1 Å². The van der Waals surface area contributed by atoms with Crippen LogP contribution in [0.4, 0.5) is 4.39 Å². The zero-order valence-corrected chi connectivity index (χ0v) is 13.5. The Balaban J connectivity index is 2.75. The van der Waals surface area contributed by atoms with Gasteiger partial charge in [0, 0.05) is 17.6 Å². The molecule has 0 bridgehead atoms. The van der Waals surface area contributed by atoms with Crippen molar-refractivity contribution in [2.75, 3.05) is 19.6 Å². The van der Waals surface area contributed by atoms with Gasteiger partial charge in [0.25, 0.3) is 0 Å². The summed E-state index contributed by atoms with van der Waals surface area (Å²) < 4.78 is 40.1. The van der Waals surface area contributed by atoms with E-state index in [4.69, 9.17) is 11.6 Å². The molecule has 0 aliphatic carbocycles. The lowest BCUT2D eigenvalue weighted by Gasteiger charge is -2.09. The Morgan fingerprint density at radius 3 is 2.63 bits per heavy atom. The number of benzene rings is 1. The Hall–Kier alpha value is -0.210. The van der Waals surface area contributed by atoms with Crippen LogP contribution in [0.3, 0.4) is 0 Å². The Labute approximate surface area is 125 Å². The summed E-state index contributed by atoms with van der Waals surface area (Å²) in [6.07, 6.45) is 0.962. The van der Waals surface area contributed by atoms with Crippen LogP contribution in [-0.2, 0) is 10.0 Å². The van der Waals surface area contributed by atoms with Gasteiger partial charge in [0.1, 0.15) is 10.7 Å². The highest BCUT2D eigenvalue weighted by molar-refractivity contribution is 9.10. The molecule has 0 amide bonds. The maximum absolute atomic E-state index is 13.6. The molecule has 0 saturated carbocycles. The van der Waals surface area contributed by atoms with E-state index in [9.17, 15) is 12.8 Å². The first kappa shape index (κ1) is 16.8. The SMILES string of the molecule is CCCNCCNS(=O)(=O)c1cc(Cl)c(Br)cc1F. The predicted molar refractivity (Wildman–Crippen MR) is 77.5 cm³/mol. The highest BCUT2D eigenvalue weighted by atomic mass is 79.9. The van der Waals surface area contributed by atoms with E-state index in [0.29, 0.717) is 11.0 Å². The smallest absolute Gasteiger partial charge is 0.243 e. The summed E-state index contributed by atoms with van der Waals surface area (Å²) >= 11 is 8.81. The normalized spacial score (nSPS) is 11.8. The quantitative estimate of drug-likeness (QED) is 0.570. The number of rotatable bonds is 7. The molecule has 0 spiro atoms. The third kappa shape index (κ3) is 5.00. The molecule has 0 heterocycles. The van der Waals surface area contributed by atoms with Gasteiger partial charge in [-0.25, -0.2) is 17.5 Å². The van der Waals surface area contributed by atoms with Gasteiger partial charge in [-0.05, 0) is 41.0 Å². The minimum Gasteiger partial charge on any atom is -0.315 e. The molecule has 1 rings (SSSR count). The van der Waals surface area contributed by atoms with Crippen molar-refractivity contribution < 1.29 is 12.8 Å². The predicted octanol–water partition coefficient (Wildman–Crippen LogP) is 2.52. The molecule has 0 aromatic heterocycles. The molecule has 0 fully saturated rings. The van der Waals surface area contributed by atoms with Gasteiger partial charge in [-0.2, -0.15) is 0 Å². The molecular formula is C11H15BrClFN2O2S. The lowest BCUT2D eigenvalue weighted by molar-refractivity contribution is 0.553. The van der Waals surface area contributed by atoms with Crippen molar-refractivity contribution in [2.45, 2.75) is 18.2 Å². The van der Waals surface area contributed by atoms with Crippen molar-refractivity contribution in [1.29, 1.82) is 0 Å². The topological polar surface area (TPSA) is 58.2 Å². The molecule has 0 saturated heterocycles. The Morgan fingerprint density at radius 2 is 2.00 bits per heavy atom. The molecular weight excluding hydrogens is 359 g/mol. The Morgan fingerprint density at radius 1 is 1.32 bits per heavy atom. The van der Waals surface area contributed by atoms with E-state index in [-0.39, 0.29) is 11.6 Å². The molecule has 2 N–H and O–H groups in total. The van der Waals surface area contributed by atoms with Crippen molar-refractivity contribution >= 4 is 37.6 Å². The first-order valence-corrected chi connectivity index (χ1v) is 8.39. The van der Waals surface area contributed by atoms with Crippen molar-refractivity contribution in [1.82, 2.24) is 10.0 Å². The van der Waals surface area contributed by atoms with Gasteiger partial charge in [-0.3, -0.25) is 0 Å². The van der Waals surface area contributed by atoms with Crippen LogP contribution >= 0.6 is 27.5 Å². The van der Waals surface area contributed by atoms with Crippen LogP contribution in [0.15, 0.2) is 21.5 Å². The second-order valence-electron chi connectivity index (χ2n) is 3.84. The Bertz CT molecular complexity index is 540. The van der Waals surface area contributed by atoms with E-state index < -0.39 is 20.7 Å². The molecule has 1 aromatic rings. The lowest BCUT2D eigenvalue weighted by Crippen LogP contribution is -2.32. The van der Waals surface area contributed by atoms with Crippen LogP contribution < -0.4 is 10.0 Å². The van der Waals surface area contributed by atoms with Gasteiger partial charge in [0.15, 0.2) is 0 Å². The van der Waals surface area contributed by atoms with Crippen LogP contribution in [0.25, 0.3) is 0 Å². The summed E-state index contributed by atoms with van der Waals surface area (Å²) in [7, 11) is -3.89. The van der Waals surface area contributed by atoms with Crippen molar-refractivity contribution in [2.24, 2.45) is 0 Å². The maximum Gasteiger partial charge on any atom is 0.243 e. The lowest BCUT2D eigenvalue weighted by atomic mass is 10.3. The molecule has 0 aliphatic heterocycles. The van der Waals surface area contributed by atoms with Gasteiger partial charge in [0.2, 0.25) is 10.0 Å². The molecule has 8 heteroatoms. The zero-order chi connectivity index (χ0) is 14.5. The zero-order valence-electron chi connectivity index (χ0n) is 10.3.